The average molecular weight is 319 g/mol. The molecule has 122 valence electrons. The summed E-state index contributed by atoms with van der Waals surface area (Å²) in [6.45, 7) is 0.364. The number of fused-ring (bicyclic) bond motifs is 1. The molecule has 1 amide bonds. The molecule has 2 heterocycles. The van der Waals surface area contributed by atoms with Crippen molar-refractivity contribution in [3.63, 3.8) is 0 Å². The first kappa shape index (κ1) is 15.5. The van der Waals surface area contributed by atoms with Gasteiger partial charge in [-0.25, -0.2) is 4.79 Å². The number of ether oxygens (including phenoxy) is 2. The molecule has 1 aliphatic rings. The maximum Gasteiger partial charge on any atom is 0.329 e. The normalized spacial score (nSPS) is 21.2. The summed E-state index contributed by atoms with van der Waals surface area (Å²) >= 11 is 0. The summed E-state index contributed by atoms with van der Waals surface area (Å²) in [5, 5.41) is 12.3. The van der Waals surface area contributed by atoms with Gasteiger partial charge in [0.2, 0.25) is 0 Å². The summed E-state index contributed by atoms with van der Waals surface area (Å²) < 4.78 is 16.1. The molecule has 1 fully saturated rings. The topological polar surface area (TPSA) is 98.0 Å². The number of aliphatic carboxylic acids is 1. The molecule has 0 saturated carbocycles. The standard InChI is InChI=1S/C16H17NO6/c18-15(19)9-23-14-5-6-21-8-12(14)17-16(20)11-7-22-13-4-2-1-3-10(11)13/h1-4,7,12,14H,5-6,8-9H2,(H,17,20)(H,18,19)/t12-,14+/m1/s1. The molecular formula is C16H17NO6. The molecule has 23 heavy (non-hydrogen) atoms. The van der Waals surface area contributed by atoms with Gasteiger partial charge in [-0.15, -0.1) is 0 Å². The van der Waals surface area contributed by atoms with Crippen LogP contribution in [0.25, 0.3) is 11.0 Å². The highest BCUT2D eigenvalue weighted by Crippen LogP contribution is 2.21. The number of benzene rings is 1. The van der Waals surface area contributed by atoms with Crippen molar-refractivity contribution >= 4 is 22.8 Å². The van der Waals surface area contributed by atoms with Crippen molar-refractivity contribution in [1.29, 1.82) is 0 Å². The third-order valence-corrected chi connectivity index (χ3v) is 3.76. The van der Waals surface area contributed by atoms with E-state index in [1.54, 1.807) is 6.07 Å². The highest BCUT2D eigenvalue weighted by molar-refractivity contribution is 6.06. The second-order valence-corrected chi connectivity index (χ2v) is 5.33. The highest BCUT2D eigenvalue weighted by atomic mass is 16.5. The number of para-hydroxylation sites is 1. The molecular weight excluding hydrogens is 302 g/mol. The number of nitrogens with one attached hydrogen (secondary N) is 1. The largest absolute Gasteiger partial charge is 0.480 e. The summed E-state index contributed by atoms with van der Waals surface area (Å²) in [7, 11) is 0. The van der Waals surface area contributed by atoms with E-state index in [9.17, 15) is 9.59 Å². The Morgan fingerprint density at radius 1 is 1.35 bits per heavy atom. The lowest BCUT2D eigenvalue weighted by atomic mass is 10.1. The maximum absolute atomic E-state index is 12.5. The van der Waals surface area contributed by atoms with Gasteiger partial charge in [0.05, 0.1) is 24.3 Å². The predicted octanol–water partition coefficient (Wildman–Crippen LogP) is 1.42. The summed E-state index contributed by atoms with van der Waals surface area (Å²) in [4.78, 5) is 23.1. The Balaban J connectivity index is 1.71. The molecule has 1 aliphatic heterocycles. The van der Waals surface area contributed by atoms with E-state index in [-0.39, 0.29) is 18.6 Å². The molecule has 1 saturated heterocycles. The fraction of sp³-hybridized carbons (Fsp3) is 0.375. The van der Waals surface area contributed by atoms with Crippen LogP contribution in [0.5, 0.6) is 0 Å². The van der Waals surface area contributed by atoms with Crippen LogP contribution < -0.4 is 5.32 Å². The molecule has 0 spiro atoms. The Morgan fingerprint density at radius 3 is 3.00 bits per heavy atom. The smallest absolute Gasteiger partial charge is 0.329 e. The van der Waals surface area contributed by atoms with Crippen LogP contribution in [0.4, 0.5) is 0 Å². The van der Waals surface area contributed by atoms with Gasteiger partial charge in [-0.2, -0.15) is 0 Å². The molecule has 0 bridgehead atoms. The molecule has 1 aromatic heterocycles. The van der Waals surface area contributed by atoms with Crippen LogP contribution in [-0.2, 0) is 14.3 Å². The number of furan rings is 1. The molecule has 0 radical (unpaired) electrons. The molecule has 7 nitrogen and oxygen atoms in total. The van der Waals surface area contributed by atoms with Crippen LogP contribution in [0.3, 0.4) is 0 Å². The van der Waals surface area contributed by atoms with Crippen LogP contribution in [0.15, 0.2) is 34.9 Å². The fourth-order valence-electron chi connectivity index (χ4n) is 2.63. The van der Waals surface area contributed by atoms with Crippen molar-refractivity contribution in [2.45, 2.75) is 18.6 Å². The van der Waals surface area contributed by atoms with E-state index in [2.05, 4.69) is 5.32 Å². The van der Waals surface area contributed by atoms with Crippen LogP contribution in [0, 0.1) is 0 Å². The molecule has 3 rings (SSSR count). The number of carboxylic acids is 1. The number of rotatable bonds is 5. The van der Waals surface area contributed by atoms with Crippen molar-refractivity contribution < 1.29 is 28.6 Å². The Hall–Kier alpha value is -2.38. The lowest BCUT2D eigenvalue weighted by Gasteiger charge is -2.31. The average Bonchev–Trinajstić information content (AvgIpc) is 2.98. The van der Waals surface area contributed by atoms with E-state index in [0.717, 1.165) is 5.39 Å². The molecule has 2 aromatic rings. The lowest BCUT2D eigenvalue weighted by Crippen LogP contribution is -2.50. The van der Waals surface area contributed by atoms with Gasteiger partial charge in [-0.1, -0.05) is 18.2 Å². The van der Waals surface area contributed by atoms with Crippen molar-refractivity contribution in [3.05, 3.63) is 36.1 Å². The summed E-state index contributed by atoms with van der Waals surface area (Å²) in [5.41, 5.74) is 1.07. The highest BCUT2D eigenvalue weighted by Gasteiger charge is 2.29. The number of carbonyl (C=O) groups excluding carboxylic acids is 1. The second-order valence-electron chi connectivity index (χ2n) is 5.33. The molecule has 7 heteroatoms. The minimum Gasteiger partial charge on any atom is -0.480 e. The number of amides is 1. The first-order valence-corrected chi connectivity index (χ1v) is 7.33. The van der Waals surface area contributed by atoms with Gasteiger partial charge in [0.25, 0.3) is 5.91 Å². The molecule has 2 N–H and O–H groups in total. The Morgan fingerprint density at radius 2 is 2.17 bits per heavy atom. The SMILES string of the molecule is O=C(O)CO[C@H]1CCOC[C@H]1NC(=O)c1coc2ccccc12. The Labute approximate surface area is 132 Å². The van der Waals surface area contributed by atoms with Crippen LogP contribution in [0.1, 0.15) is 16.8 Å². The third-order valence-electron chi connectivity index (χ3n) is 3.76. The number of hydrogen-bond acceptors (Lipinski definition) is 5. The van der Waals surface area contributed by atoms with E-state index in [1.807, 2.05) is 18.2 Å². The minimum absolute atomic E-state index is 0.284. The van der Waals surface area contributed by atoms with Gasteiger partial charge in [0.1, 0.15) is 18.5 Å². The minimum atomic E-state index is -1.04. The van der Waals surface area contributed by atoms with Crippen molar-refractivity contribution in [2.24, 2.45) is 0 Å². The van der Waals surface area contributed by atoms with Crippen molar-refractivity contribution in [3.8, 4) is 0 Å². The predicted molar refractivity (Wildman–Crippen MR) is 80.3 cm³/mol. The molecule has 2 atom stereocenters. The Kier molecular flexibility index (Phi) is 4.59. The third kappa shape index (κ3) is 3.52. The number of carboxylic acid groups (broad SMARTS) is 1. The van der Waals surface area contributed by atoms with E-state index in [0.29, 0.717) is 24.2 Å². The van der Waals surface area contributed by atoms with Gasteiger partial charge in [-0.3, -0.25) is 4.79 Å². The monoisotopic (exact) mass is 319 g/mol. The van der Waals surface area contributed by atoms with E-state index < -0.39 is 18.6 Å². The summed E-state index contributed by atoms with van der Waals surface area (Å²) in [6, 6.07) is 6.86. The van der Waals surface area contributed by atoms with Gasteiger partial charge in [0, 0.05) is 12.0 Å². The zero-order valence-corrected chi connectivity index (χ0v) is 12.4. The molecule has 0 aliphatic carbocycles. The molecule has 1 aromatic carbocycles. The maximum atomic E-state index is 12.5. The van der Waals surface area contributed by atoms with E-state index in [4.69, 9.17) is 19.0 Å². The second kappa shape index (κ2) is 6.80. The molecule has 0 unspecified atom stereocenters. The van der Waals surface area contributed by atoms with Crippen LogP contribution in [-0.4, -0.2) is 48.9 Å². The van der Waals surface area contributed by atoms with Gasteiger partial charge < -0.3 is 24.3 Å². The van der Waals surface area contributed by atoms with Crippen molar-refractivity contribution in [1.82, 2.24) is 5.32 Å². The van der Waals surface area contributed by atoms with E-state index in [1.165, 1.54) is 6.26 Å². The van der Waals surface area contributed by atoms with Gasteiger partial charge >= 0.3 is 5.97 Å². The van der Waals surface area contributed by atoms with E-state index >= 15 is 0 Å². The summed E-state index contributed by atoms with van der Waals surface area (Å²) in [5.74, 6) is -1.34. The van der Waals surface area contributed by atoms with Gasteiger partial charge in [0.15, 0.2) is 0 Å². The number of carbonyl (C=O) groups is 2. The van der Waals surface area contributed by atoms with Crippen molar-refractivity contribution in [2.75, 3.05) is 19.8 Å². The zero-order valence-electron chi connectivity index (χ0n) is 12.4. The van der Waals surface area contributed by atoms with Gasteiger partial charge in [-0.05, 0) is 12.5 Å². The zero-order chi connectivity index (χ0) is 16.2. The van der Waals surface area contributed by atoms with Crippen LogP contribution >= 0.6 is 0 Å². The quantitative estimate of drug-likeness (QED) is 0.865. The van der Waals surface area contributed by atoms with Crippen LogP contribution in [0.2, 0.25) is 0 Å². The lowest BCUT2D eigenvalue weighted by molar-refractivity contribution is -0.147. The summed E-state index contributed by atoms with van der Waals surface area (Å²) in [6.07, 6.45) is 1.56. The number of hydrogen-bond donors (Lipinski definition) is 2. The first-order chi connectivity index (χ1) is 11.1. The fourth-order valence-corrected chi connectivity index (χ4v) is 2.63. The first-order valence-electron chi connectivity index (χ1n) is 7.33. The Bertz CT molecular complexity index is 709.